The summed E-state index contributed by atoms with van der Waals surface area (Å²) in [4.78, 5) is 26.8. The number of benzene rings is 2. The Hall–Kier alpha value is -2.62. The minimum absolute atomic E-state index is 0.0461. The number of nitrogens with one attached hydrogen (secondary N) is 1. The van der Waals surface area contributed by atoms with Crippen molar-refractivity contribution in [1.82, 2.24) is 10.2 Å². The fraction of sp³-hybridized carbons (Fsp3) is 0.391. The monoisotopic (exact) mass is 364 g/mol. The Morgan fingerprint density at radius 3 is 2.00 bits per heavy atom. The summed E-state index contributed by atoms with van der Waals surface area (Å²) in [6.07, 6.45) is 1.60. The van der Waals surface area contributed by atoms with E-state index in [1.165, 1.54) is 0 Å². The Morgan fingerprint density at radius 1 is 0.889 bits per heavy atom. The highest BCUT2D eigenvalue weighted by atomic mass is 16.2. The molecule has 0 radical (unpaired) electrons. The first kappa shape index (κ1) is 19.2. The molecule has 0 aromatic heterocycles. The average Bonchev–Trinajstić information content (AvgIpc) is 2.68. The van der Waals surface area contributed by atoms with Gasteiger partial charge in [0.25, 0.3) is 5.91 Å². The summed E-state index contributed by atoms with van der Waals surface area (Å²) in [5, 5.41) is 3.12. The maximum atomic E-state index is 12.5. The molecule has 1 heterocycles. The maximum absolute atomic E-state index is 12.5. The van der Waals surface area contributed by atoms with E-state index < -0.39 is 0 Å². The van der Waals surface area contributed by atoms with Gasteiger partial charge in [-0.25, -0.2) is 0 Å². The molecule has 0 spiro atoms. The predicted molar refractivity (Wildman–Crippen MR) is 108 cm³/mol. The predicted octanol–water partition coefficient (Wildman–Crippen LogP) is 4.12. The fourth-order valence-electron chi connectivity index (χ4n) is 3.41. The minimum atomic E-state index is -0.351. The number of hydrogen-bond acceptors (Lipinski definition) is 2. The number of rotatable bonds is 3. The summed E-state index contributed by atoms with van der Waals surface area (Å²) in [7, 11) is 0. The van der Waals surface area contributed by atoms with Gasteiger partial charge in [0, 0.05) is 30.1 Å². The van der Waals surface area contributed by atoms with E-state index in [4.69, 9.17) is 0 Å². The van der Waals surface area contributed by atoms with Crippen LogP contribution in [0.5, 0.6) is 0 Å². The molecule has 2 aromatic carbocycles. The Kier molecular flexibility index (Phi) is 5.64. The molecule has 1 saturated heterocycles. The summed E-state index contributed by atoms with van der Waals surface area (Å²) < 4.78 is 0. The quantitative estimate of drug-likeness (QED) is 0.891. The van der Waals surface area contributed by atoms with Gasteiger partial charge in [-0.05, 0) is 36.1 Å². The molecule has 142 valence electrons. The highest BCUT2D eigenvalue weighted by Crippen LogP contribution is 2.22. The molecule has 0 unspecified atom stereocenters. The van der Waals surface area contributed by atoms with E-state index >= 15 is 0 Å². The Bertz CT molecular complexity index is 783. The maximum Gasteiger partial charge on any atom is 0.251 e. The van der Waals surface area contributed by atoms with Crippen LogP contribution in [0.1, 0.15) is 44.0 Å². The molecule has 3 rings (SSSR count). The van der Waals surface area contributed by atoms with Gasteiger partial charge in [0.05, 0.1) is 0 Å². The van der Waals surface area contributed by atoms with E-state index in [0.29, 0.717) is 18.7 Å². The normalized spacial score (nSPS) is 15.4. The van der Waals surface area contributed by atoms with E-state index in [-0.39, 0.29) is 23.3 Å². The molecule has 1 aliphatic heterocycles. The van der Waals surface area contributed by atoms with Gasteiger partial charge in [-0.1, -0.05) is 63.2 Å². The number of likely N-dealkylation sites (tertiary alicyclic amines) is 1. The van der Waals surface area contributed by atoms with Crippen molar-refractivity contribution in [2.24, 2.45) is 5.41 Å². The zero-order valence-corrected chi connectivity index (χ0v) is 16.4. The molecule has 27 heavy (non-hydrogen) atoms. The molecule has 0 atom stereocenters. The van der Waals surface area contributed by atoms with Crippen molar-refractivity contribution in [2.75, 3.05) is 13.1 Å². The van der Waals surface area contributed by atoms with Crippen LogP contribution in [0.2, 0.25) is 0 Å². The largest absolute Gasteiger partial charge is 0.349 e. The lowest BCUT2D eigenvalue weighted by Crippen LogP contribution is -2.49. The Morgan fingerprint density at radius 2 is 1.44 bits per heavy atom. The minimum Gasteiger partial charge on any atom is -0.349 e. The van der Waals surface area contributed by atoms with Gasteiger partial charge in [-0.15, -0.1) is 0 Å². The van der Waals surface area contributed by atoms with Crippen molar-refractivity contribution in [2.45, 2.75) is 39.7 Å². The topological polar surface area (TPSA) is 49.4 Å². The van der Waals surface area contributed by atoms with Crippen molar-refractivity contribution in [3.63, 3.8) is 0 Å². The van der Waals surface area contributed by atoms with Crippen LogP contribution in [0.4, 0.5) is 0 Å². The van der Waals surface area contributed by atoms with Crippen LogP contribution in [0.25, 0.3) is 11.1 Å². The molecule has 2 aromatic rings. The summed E-state index contributed by atoms with van der Waals surface area (Å²) >= 11 is 0. The van der Waals surface area contributed by atoms with E-state index in [2.05, 4.69) is 17.4 Å². The summed E-state index contributed by atoms with van der Waals surface area (Å²) in [6, 6.07) is 17.9. The number of carbonyl (C=O) groups excluding carboxylic acids is 2. The number of carbonyl (C=O) groups is 2. The fourth-order valence-corrected chi connectivity index (χ4v) is 3.41. The number of hydrogen-bond donors (Lipinski definition) is 1. The van der Waals surface area contributed by atoms with Crippen LogP contribution >= 0.6 is 0 Å². The van der Waals surface area contributed by atoms with Crippen LogP contribution in [0.15, 0.2) is 54.6 Å². The van der Waals surface area contributed by atoms with Crippen molar-refractivity contribution in [3.05, 3.63) is 60.2 Å². The average molecular weight is 364 g/mol. The molecule has 1 aliphatic rings. The van der Waals surface area contributed by atoms with Crippen LogP contribution < -0.4 is 5.32 Å². The number of nitrogens with zero attached hydrogens (tertiary/aromatic N) is 1. The third-order valence-corrected chi connectivity index (χ3v) is 5.01. The number of piperidine rings is 1. The first-order valence-corrected chi connectivity index (χ1v) is 9.60. The zero-order chi connectivity index (χ0) is 19.4. The standard InChI is InChI=1S/C23H28N2O2/c1-23(2,3)22(27)25-15-13-20(14-16-25)24-21(26)19-11-9-18(10-12-19)17-7-5-4-6-8-17/h4-12,20H,13-16H2,1-3H3,(H,24,26). The second kappa shape index (κ2) is 7.95. The SMILES string of the molecule is CC(C)(C)C(=O)N1CCC(NC(=O)c2ccc(-c3ccccc3)cc2)CC1. The molecule has 4 heteroatoms. The van der Waals surface area contributed by atoms with Crippen LogP contribution in [0, 0.1) is 5.41 Å². The molecule has 4 nitrogen and oxygen atoms in total. The van der Waals surface area contributed by atoms with Crippen LogP contribution in [-0.4, -0.2) is 35.8 Å². The Labute approximate surface area is 161 Å². The van der Waals surface area contributed by atoms with Gasteiger partial charge in [0.15, 0.2) is 0 Å². The van der Waals surface area contributed by atoms with Gasteiger partial charge in [-0.3, -0.25) is 9.59 Å². The van der Waals surface area contributed by atoms with Crippen LogP contribution in [0.3, 0.4) is 0 Å². The molecule has 2 amide bonds. The van der Waals surface area contributed by atoms with Crippen molar-refractivity contribution in [3.8, 4) is 11.1 Å². The smallest absolute Gasteiger partial charge is 0.251 e. The second-order valence-electron chi connectivity index (χ2n) is 8.23. The molecular weight excluding hydrogens is 336 g/mol. The lowest BCUT2D eigenvalue weighted by molar-refractivity contribution is -0.140. The van der Waals surface area contributed by atoms with E-state index in [1.807, 2.05) is 68.1 Å². The zero-order valence-electron chi connectivity index (χ0n) is 16.4. The first-order chi connectivity index (χ1) is 12.8. The third kappa shape index (κ3) is 4.76. The number of amides is 2. The molecule has 1 fully saturated rings. The van der Waals surface area contributed by atoms with Gasteiger partial charge < -0.3 is 10.2 Å². The summed E-state index contributed by atoms with van der Waals surface area (Å²) in [5.41, 5.74) is 2.56. The van der Waals surface area contributed by atoms with Crippen molar-refractivity contribution < 1.29 is 9.59 Å². The van der Waals surface area contributed by atoms with E-state index in [9.17, 15) is 9.59 Å². The summed E-state index contributed by atoms with van der Waals surface area (Å²) in [6.45, 7) is 7.24. The Balaban J connectivity index is 1.55. The first-order valence-electron chi connectivity index (χ1n) is 9.60. The highest BCUT2D eigenvalue weighted by molar-refractivity contribution is 5.95. The second-order valence-corrected chi connectivity index (χ2v) is 8.23. The third-order valence-electron chi connectivity index (χ3n) is 5.01. The molecular formula is C23H28N2O2. The highest BCUT2D eigenvalue weighted by Gasteiger charge is 2.30. The van der Waals surface area contributed by atoms with Gasteiger partial charge in [0.2, 0.25) is 5.91 Å². The lowest BCUT2D eigenvalue weighted by Gasteiger charge is -2.36. The van der Waals surface area contributed by atoms with Crippen molar-refractivity contribution >= 4 is 11.8 Å². The molecule has 0 saturated carbocycles. The molecule has 0 bridgehead atoms. The molecule has 1 N–H and O–H groups in total. The van der Waals surface area contributed by atoms with Crippen LogP contribution in [-0.2, 0) is 4.79 Å². The van der Waals surface area contributed by atoms with Gasteiger partial charge >= 0.3 is 0 Å². The van der Waals surface area contributed by atoms with Gasteiger partial charge in [0.1, 0.15) is 0 Å². The van der Waals surface area contributed by atoms with E-state index in [0.717, 1.165) is 24.0 Å². The van der Waals surface area contributed by atoms with Crippen molar-refractivity contribution in [1.29, 1.82) is 0 Å². The van der Waals surface area contributed by atoms with Gasteiger partial charge in [-0.2, -0.15) is 0 Å². The summed E-state index contributed by atoms with van der Waals surface area (Å²) in [5.74, 6) is 0.138. The molecule has 0 aliphatic carbocycles. The van der Waals surface area contributed by atoms with E-state index in [1.54, 1.807) is 0 Å². The lowest BCUT2D eigenvalue weighted by atomic mass is 9.93.